The van der Waals surface area contributed by atoms with Gasteiger partial charge in [-0.05, 0) is 43.3 Å². The molecule has 2 unspecified atom stereocenters. The molecule has 2 heteroatoms. The minimum Gasteiger partial charge on any atom is -0.365 e. The topological polar surface area (TPSA) is 29.5 Å². The standard InChI is InChI=1S/C14H24O2/c1-2-3-7-12-10-13(15)16-14(12)11-8-5-4-6-9-11/h10-11,13-15H,2-9H2,1H3. The Hall–Kier alpha value is -0.340. The molecule has 0 amide bonds. The van der Waals surface area contributed by atoms with Crippen molar-refractivity contribution in [2.75, 3.05) is 0 Å². The Morgan fingerprint density at radius 3 is 2.75 bits per heavy atom. The van der Waals surface area contributed by atoms with Crippen LogP contribution in [0.3, 0.4) is 0 Å². The summed E-state index contributed by atoms with van der Waals surface area (Å²) in [5.41, 5.74) is 1.36. The molecule has 0 bridgehead atoms. The molecule has 1 aliphatic carbocycles. The van der Waals surface area contributed by atoms with Gasteiger partial charge in [-0.3, -0.25) is 0 Å². The molecular weight excluding hydrogens is 200 g/mol. The Labute approximate surface area is 98.7 Å². The third-order valence-electron chi connectivity index (χ3n) is 3.91. The van der Waals surface area contributed by atoms with Gasteiger partial charge in [0, 0.05) is 0 Å². The molecule has 1 saturated carbocycles. The number of ether oxygens (including phenoxy) is 1. The highest BCUT2D eigenvalue weighted by Gasteiger charge is 2.32. The van der Waals surface area contributed by atoms with E-state index < -0.39 is 6.29 Å². The Bertz CT molecular complexity index is 241. The van der Waals surface area contributed by atoms with Crippen LogP contribution < -0.4 is 0 Å². The van der Waals surface area contributed by atoms with Gasteiger partial charge in [-0.15, -0.1) is 0 Å². The van der Waals surface area contributed by atoms with E-state index in [2.05, 4.69) is 6.92 Å². The first kappa shape index (κ1) is 12.1. The van der Waals surface area contributed by atoms with Crippen LogP contribution in [0.25, 0.3) is 0 Å². The highest BCUT2D eigenvalue weighted by atomic mass is 16.6. The van der Waals surface area contributed by atoms with Crippen molar-refractivity contribution in [1.29, 1.82) is 0 Å². The maximum Gasteiger partial charge on any atom is 0.175 e. The van der Waals surface area contributed by atoms with E-state index in [0.29, 0.717) is 5.92 Å². The molecule has 16 heavy (non-hydrogen) atoms. The smallest absolute Gasteiger partial charge is 0.175 e. The van der Waals surface area contributed by atoms with Crippen LogP contribution in [-0.4, -0.2) is 17.5 Å². The Morgan fingerprint density at radius 1 is 1.31 bits per heavy atom. The van der Waals surface area contributed by atoms with Crippen molar-refractivity contribution in [2.45, 2.75) is 70.7 Å². The van der Waals surface area contributed by atoms with E-state index in [1.807, 2.05) is 6.08 Å². The minimum atomic E-state index is -0.640. The Kier molecular flexibility index (Phi) is 4.42. The van der Waals surface area contributed by atoms with E-state index in [-0.39, 0.29) is 6.10 Å². The van der Waals surface area contributed by atoms with Crippen molar-refractivity contribution in [2.24, 2.45) is 5.92 Å². The van der Waals surface area contributed by atoms with E-state index in [1.54, 1.807) is 0 Å². The summed E-state index contributed by atoms with van der Waals surface area (Å²) in [5, 5.41) is 9.60. The fourth-order valence-corrected chi connectivity index (χ4v) is 3.01. The summed E-state index contributed by atoms with van der Waals surface area (Å²) in [7, 11) is 0. The quantitative estimate of drug-likeness (QED) is 0.742. The Morgan fingerprint density at radius 2 is 2.06 bits per heavy atom. The normalized spacial score (nSPS) is 31.8. The van der Waals surface area contributed by atoms with Gasteiger partial charge >= 0.3 is 0 Å². The molecule has 2 aliphatic rings. The van der Waals surface area contributed by atoms with E-state index in [9.17, 15) is 5.11 Å². The van der Waals surface area contributed by atoms with Gasteiger partial charge in [0.1, 0.15) is 0 Å². The van der Waals surface area contributed by atoms with Crippen molar-refractivity contribution in [3.8, 4) is 0 Å². The summed E-state index contributed by atoms with van der Waals surface area (Å²) in [6.45, 7) is 2.21. The average Bonchev–Trinajstić information content (AvgIpc) is 2.69. The molecule has 0 aromatic rings. The van der Waals surface area contributed by atoms with E-state index in [4.69, 9.17) is 4.74 Å². The highest BCUT2D eigenvalue weighted by Crippen LogP contribution is 2.36. The molecule has 1 aliphatic heterocycles. The van der Waals surface area contributed by atoms with Crippen molar-refractivity contribution in [3.05, 3.63) is 11.6 Å². The molecule has 2 nitrogen and oxygen atoms in total. The van der Waals surface area contributed by atoms with Crippen LogP contribution in [0, 0.1) is 5.92 Å². The molecule has 0 radical (unpaired) electrons. The predicted octanol–water partition coefficient (Wildman–Crippen LogP) is 3.40. The monoisotopic (exact) mass is 224 g/mol. The zero-order valence-electron chi connectivity index (χ0n) is 10.3. The van der Waals surface area contributed by atoms with Crippen LogP contribution >= 0.6 is 0 Å². The third kappa shape index (κ3) is 2.86. The van der Waals surface area contributed by atoms with Gasteiger partial charge in [-0.2, -0.15) is 0 Å². The number of hydrogen-bond acceptors (Lipinski definition) is 2. The molecule has 1 N–H and O–H groups in total. The van der Waals surface area contributed by atoms with Crippen molar-refractivity contribution in [3.63, 3.8) is 0 Å². The van der Waals surface area contributed by atoms with Crippen LogP contribution in [0.4, 0.5) is 0 Å². The molecule has 1 heterocycles. The predicted molar refractivity (Wildman–Crippen MR) is 65.1 cm³/mol. The molecule has 0 aromatic carbocycles. The fraction of sp³-hybridized carbons (Fsp3) is 0.857. The van der Waals surface area contributed by atoms with Gasteiger partial charge in [-0.1, -0.05) is 32.6 Å². The number of hydrogen-bond donors (Lipinski definition) is 1. The maximum atomic E-state index is 9.60. The molecule has 0 saturated heterocycles. The lowest BCUT2D eigenvalue weighted by molar-refractivity contribution is -0.0959. The Balaban J connectivity index is 1.94. The summed E-state index contributed by atoms with van der Waals surface area (Å²) >= 11 is 0. The summed E-state index contributed by atoms with van der Waals surface area (Å²) in [6, 6.07) is 0. The van der Waals surface area contributed by atoms with Crippen LogP contribution in [0.15, 0.2) is 11.6 Å². The number of rotatable bonds is 4. The van der Waals surface area contributed by atoms with Crippen molar-refractivity contribution >= 4 is 0 Å². The van der Waals surface area contributed by atoms with Gasteiger partial charge < -0.3 is 9.84 Å². The van der Waals surface area contributed by atoms with Crippen LogP contribution in [0.2, 0.25) is 0 Å². The lowest BCUT2D eigenvalue weighted by atomic mass is 9.82. The van der Waals surface area contributed by atoms with Crippen LogP contribution in [0.1, 0.15) is 58.3 Å². The molecule has 2 rings (SSSR count). The average molecular weight is 224 g/mol. The van der Waals surface area contributed by atoms with Crippen molar-refractivity contribution < 1.29 is 9.84 Å². The molecule has 1 fully saturated rings. The molecule has 2 atom stereocenters. The van der Waals surface area contributed by atoms with Crippen LogP contribution in [0.5, 0.6) is 0 Å². The second kappa shape index (κ2) is 5.83. The summed E-state index contributed by atoms with van der Waals surface area (Å²) in [5.74, 6) is 0.661. The summed E-state index contributed by atoms with van der Waals surface area (Å²) < 4.78 is 5.67. The first-order chi connectivity index (χ1) is 7.81. The van der Waals surface area contributed by atoms with Crippen molar-refractivity contribution in [1.82, 2.24) is 0 Å². The lowest BCUT2D eigenvalue weighted by Crippen LogP contribution is -2.26. The fourth-order valence-electron chi connectivity index (χ4n) is 3.01. The molecule has 0 aromatic heterocycles. The zero-order chi connectivity index (χ0) is 11.4. The van der Waals surface area contributed by atoms with Gasteiger partial charge in [0.05, 0.1) is 6.10 Å². The molecule has 92 valence electrons. The lowest BCUT2D eigenvalue weighted by Gasteiger charge is -2.29. The second-order valence-corrected chi connectivity index (χ2v) is 5.19. The van der Waals surface area contributed by atoms with Gasteiger partial charge in [0.15, 0.2) is 6.29 Å². The molecular formula is C14H24O2. The zero-order valence-corrected chi connectivity index (χ0v) is 10.3. The summed E-state index contributed by atoms with van der Waals surface area (Å²) in [6.07, 6.45) is 11.7. The number of aliphatic hydroxyl groups is 1. The largest absolute Gasteiger partial charge is 0.365 e. The van der Waals surface area contributed by atoms with Gasteiger partial charge in [0.25, 0.3) is 0 Å². The maximum absolute atomic E-state index is 9.60. The van der Waals surface area contributed by atoms with Gasteiger partial charge in [-0.25, -0.2) is 0 Å². The molecule has 0 spiro atoms. The number of unbranched alkanes of at least 4 members (excludes halogenated alkanes) is 1. The van der Waals surface area contributed by atoms with Gasteiger partial charge in [0.2, 0.25) is 0 Å². The van der Waals surface area contributed by atoms with E-state index in [0.717, 1.165) is 6.42 Å². The SMILES string of the molecule is CCCCC1=CC(O)OC1C1CCCCC1. The summed E-state index contributed by atoms with van der Waals surface area (Å²) in [4.78, 5) is 0. The number of aliphatic hydroxyl groups excluding tert-OH is 1. The third-order valence-corrected chi connectivity index (χ3v) is 3.91. The van der Waals surface area contributed by atoms with E-state index in [1.165, 1.54) is 50.5 Å². The second-order valence-electron chi connectivity index (χ2n) is 5.19. The highest BCUT2D eigenvalue weighted by molar-refractivity contribution is 5.16. The minimum absolute atomic E-state index is 0.224. The first-order valence-corrected chi connectivity index (χ1v) is 6.85. The first-order valence-electron chi connectivity index (χ1n) is 6.85. The van der Waals surface area contributed by atoms with E-state index >= 15 is 0 Å². The van der Waals surface area contributed by atoms with Crippen LogP contribution in [-0.2, 0) is 4.74 Å².